The van der Waals surface area contributed by atoms with Crippen molar-refractivity contribution >= 4 is 137 Å². The van der Waals surface area contributed by atoms with Crippen molar-refractivity contribution in [3.05, 3.63) is 215 Å². The Hall–Kier alpha value is -14.1. The number of aliphatic hydroxyl groups is 2. The summed E-state index contributed by atoms with van der Waals surface area (Å²) in [5.74, 6) is -19.1. The van der Waals surface area contributed by atoms with Crippen molar-refractivity contribution in [3.63, 3.8) is 0 Å². The number of carbonyl (C=O) groups excluding carboxylic acids is 13. The van der Waals surface area contributed by atoms with Gasteiger partial charge in [0.05, 0.1) is 32.2 Å². The molecule has 0 aliphatic heterocycles. The molecular weight excluding hydrogens is 1760 g/mol. The first-order chi connectivity index (χ1) is 62.5. The van der Waals surface area contributed by atoms with Crippen LogP contribution in [0.25, 0.3) is 10.9 Å². The summed E-state index contributed by atoms with van der Waals surface area (Å²) < 4.78 is 0. The van der Waals surface area contributed by atoms with Crippen molar-refractivity contribution in [3.8, 4) is 34.5 Å². The number of carboxylic acid groups (broad SMARTS) is 2. The van der Waals surface area contributed by atoms with Gasteiger partial charge in [-0.3, -0.25) is 67.1 Å². The Bertz CT molecular complexity index is 5300. The minimum atomic E-state index is -2.05. The minimum Gasteiger partial charge on any atom is -0.508 e. The number of hydrogen-bond acceptors (Lipinski definition) is 27. The van der Waals surface area contributed by atoms with E-state index < -0.39 is 225 Å². The maximum absolute atomic E-state index is 15.2. The van der Waals surface area contributed by atoms with Crippen LogP contribution in [0.5, 0.6) is 34.5 Å². The fourth-order valence-electron chi connectivity index (χ4n) is 13.3. The molecule has 0 fully saturated rings. The van der Waals surface area contributed by atoms with Gasteiger partial charge < -0.3 is 131 Å². The summed E-state index contributed by atoms with van der Waals surface area (Å²) in [4.78, 5) is 214. The molecule has 13 atom stereocenters. The average Bonchev–Trinajstić information content (AvgIpc) is 1.71. The SMILES string of the molecule is CSCC[C@H](NC(=O)[C@H](CO)NC(=O)[C@H](Cc1ccc(O)cc1)NC(=O)[C@H](Cc1ccc(O)cc1)NC(=O)[C@H](Cc1ccc(O)cc1)NC(=O)[C@H](CO)NC(=O)[C@H](Cc1ccc(O)cc1)NC(=O)CNC(=O)[C@H](CS)NC(=O)[C@@H](N)Cc1ccc(O)cc1)C(=O)N[C@@H](CC(=O)O)C(=O)N[C@@H](Cc1ccc(O)cc1)C(=O)N[C@@H](CS)C(=O)N[C@@H](Cc1c[nH]c2ccccc12)C(=O)O. The number of carboxylic acids is 2. The lowest BCUT2D eigenvalue weighted by Crippen LogP contribution is -2.62. The van der Waals surface area contributed by atoms with Crippen LogP contribution in [-0.4, -0.2) is 267 Å². The molecule has 0 saturated carbocycles. The second-order valence-corrected chi connectivity index (χ2v) is 32.1. The van der Waals surface area contributed by atoms with E-state index in [-0.39, 0.29) is 88.4 Å². The molecule has 0 unspecified atom stereocenters. The molecule has 26 N–H and O–H groups in total. The van der Waals surface area contributed by atoms with Crippen LogP contribution in [0.3, 0.4) is 0 Å². The first-order valence-corrected chi connectivity index (χ1v) is 43.4. The number of benzene rings is 7. The molecule has 0 bridgehead atoms. The number of nitrogens with two attached hydrogens (primary N) is 1. The van der Waals surface area contributed by atoms with Crippen molar-refractivity contribution in [1.29, 1.82) is 0 Å². The van der Waals surface area contributed by atoms with Gasteiger partial charge in [-0.05, 0) is 143 Å². The molecule has 0 spiro atoms. The van der Waals surface area contributed by atoms with E-state index in [0.717, 1.165) is 0 Å². The predicted octanol–water partition coefficient (Wildman–Crippen LogP) is -2.18. The third-order valence-electron chi connectivity index (χ3n) is 20.4. The fourth-order valence-corrected chi connectivity index (χ4v) is 14.3. The zero-order valence-corrected chi connectivity index (χ0v) is 72.9. The van der Waals surface area contributed by atoms with Gasteiger partial charge in [0.1, 0.15) is 107 Å². The Morgan fingerprint density at radius 2 is 0.634 bits per heavy atom. The highest BCUT2D eigenvalue weighted by Crippen LogP contribution is 2.23. The molecule has 131 heavy (non-hydrogen) atoms. The van der Waals surface area contributed by atoms with Gasteiger partial charge in [-0.15, -0.1) is 0 Å². The Labute approximate surface area is 764 Å². The summed E-state index contributed by atoms with van der Waals surface area (Å²) in [6.07, 6.45) is -0.550. The number of thioether (sulfide) groups is 1. The third kappa shape index (κ3) is 32.5. The maximum Gasteiger partial charge on any atom is 0.326 e. The highest BCUT2D eigenvalue weighted by atomic mass is 32.2. The fraction of sp³-hybridized carbons (Fsp3) is 0.330. The van der Waals surface area contributed by atoms with Crippen molar-refractivity contribution in [2.24, 2.45) is 5.73 Å². The first-order valence-electron chi connectivity index (χ1n) is 40.8. The maximum atomic E-state index is 15.2. The lowest BCUT2D eigenvalue weighted by molar-refractivity contribution is -0.142. The van der Waals surface area contributed by atoms with Gasteiger partial charge in [-0.25, -0.2) is 4.79 Å². The number of phenols is 6. The van der Waals surface area contributed by atoms with E-state index in [9.17, 15) is 113 Å². The third-order valence-corrected chi connectivity index (χ3v) is 21.8. The number of aliphatic hydroxyl groups excluding tert-OH is 2. The topological polar surface area (TPSA) is 657 Å². The number of fused-ring (bicyclic) bond motifs is 1. The highest BCUT2D eigenvalue weighted by molar-refractivity contribution is 7.98. The van der Waals surface area contributed by atoms with E-state index in [1.165, 1.54) is 145 Å². The number of aliphatic carboxylic acids is 2. The van der Waals surface area contributed by atoms with Gasteiger partial charge in [0.15, 0.2) is 0 Å². The van der Waals surface area contributed by atoms with Crippen LogP contribution in [0.4, 0.5) is 0 Å². The second-order valence-electron chi connectivity index (χ2n) is 30.4. The van der Waals surface area contributed by atoms with Crippen molar-refractivity contribution in [2.45, 2.75) is 136 Å². The highest BCUT2D eigenvalue weighted by Gasteiger charge is 2.39. The van der Waals surface area contributed by atoms with Gasteiger partial charge in [0.2, 0.25) is 76.8 Å². The quantitative estimate of drug-likeness (QED) is 0.0180. The van der Waals surface area contributed by atoms with Crippen LogP contribution in [0.2, 0.25) is 0 Å². The molecule has 8 aromatic rings. The van der Waals surface area contributed by atoms with Crippen molar-refractivity contribution < 1.29 is 123 Å². The Morgan fingerprint density at radius 3 is 0.992 bits per heavy atom. The summed E-state index contributed by atoms with van der Waals surface area (Å²) in [6, 6.07) is 17.2. The second kappa shape index (κ2) is 50.6. The number of nitrogens with one attached hydrogen (secondary N) is 14. The van der Waals surface area contributed by atoms with E-state index in [0.29, 0.717) is 33.2 Å². The summed E-state index contributed by atoms with van der Waals surface area (Å²) >= 11 is 9.58. The van der Waals surface area contributed by atoms with Crippen LogP contribution >= 0.6 is 37.0 Å². The summed E-state index contributed by atoms with van der Waals surface area (Å²) in [6.45, 7) is -3.20. The number of aromatic hydroxyl groups is 6. The smallest absolute Gasteiger partial charge is 0.326 e. The van der Waals surface area contributed by atoms with Crippen LogP contribution in [0.1, 0.15) is 51.8 Å². The molecule has 0 aliphatic rings. The van der Waals surface area contributed by atoms with Crippen molar-refractivity contribution in [2.75, 3.05) is 43.3 Å². The number of para-hydroxylation sites is 1. The number of thiol groups is 2. The Kier molecular flexibility index (Phi) is 39.5. The Morgan fingerprint density at radius 1 is 0.344 bits per heavy atom. The summed E-state index contributed by atoms with van der Waals surface area (Å²) in [5, 5.41) is 135. The number of H-pyrrole nitrogens is 1. The molecule has 1 aromatic heterocycles. The molecular formula is C88H103N15O25S3. The van der Waals surface area contributed by atoms with Gasteiger partial charge in [0.25, 0.3) is 0 Å². The molecule has 8 rings (SSSR count). The van der Waals surface area contributed by atoms with E-state index in [4.69, 9.17) is 5.73 Å². The molecule has 40 nitrogen and oxygen atoms in total. The predicted molar refractivity (Wildman–Crippen MR) is 482 cm³/mol. The summed E-state index contributed by atoms with van der Waals surface area (Å²) in [5.41, 5.74) is 9.34. The van der Waals surface area contributed by atoms with E-state index in [1.807, 2.05) is 0 Å². The number of aromatic nitrogens is 1. The molecule has 698 valence electrons. The largest absolute Gasteiger partial charge is 0.508 e. The number of amides is 13. The lowest BCUT2D eigenvalue weighted by Gasteiger charge is -2.28. The monoisotopic (exact) mass is 1870 g/mol. The van der Waals surface area contributed by atoms with Gasteiger partial charge in [-0.2, -0.15) is 37.0 Å². The van der Waals surface area contributed by atoms with E-state index >= 15 is 9.59 Å². The molecule has 0 saturated heterocycles. The normalized spacial score (nSPS) is 14.1. The number of carbonyl (C=O) groups is 15. The zero-order chi connectivity index (χ0) is 95.5. The van der Waals surface area contributed by atoms with Gasteiger partial charge in [0, 0.05) is 67.1 Å². The zero-order valence-electron chi connectivity index (χ0n) is 70.3. The standard InChI is InChI=1S/C88H103N15O25S3/c1-131-31-30-62(78(117)98-68(39-75(113)114)84(123)96-67(37-51-16-28-58(111)29-17-51)83(122)103-73(45-130)87(126)99-69(88(127)128)38-52-40-90-61-5-3-2-4-59(52)61)93-85(124)70(42-104)101-82(121)66(36-50-14-26-57(110)27-15-50)95-80(119)64(34-48-10-22-55(108)23-11-48)94-81(120)65(35-49-12-24-56(109)25-13-49)97-86(125)71(43-105)100-79(118)63(33-47-8-20-54(107)21-9-47)92-74(112)41-91-77(116)72(44-129)102-76(115)60(89)32-46-6-18-53(106)19-7-46/h2-29,40,60,62-73,90,104-111,129-130H,30-39,41-45,89H2,1H3,(H,91,116)(H,92,112)(H,93,124)(H,94,120)(H,95,119)(H,96,123)(H,97,125)(H,98,117)(H,99,126)(H,100,118)(H,101,121)(H,102,115)(H,103,122)(H,113,114)(H,127,128)/t60-,62-,63-,64-,65-,66-,67-,68-,69-,70-,71-,72-,73-/m0/s1. The van der Waals surface area contributed by atoms with Gasteiger partial charge in [-0.1, -0.05) is 91.0 Å². The van der Waals surface area contributed by atoms with Crippen molar-refractivity contribution in [1.82, 2.24) is 74.1 Å². The molecule has 0 radical (unpaired) electrons. The number of hydrogen-bond donors (Lipinski definition) is 27. The van der Waals surface area contributed by atoms with Crippen LogP contribution in [-0.2, 0) is 117 Å². The van der Waals surface area contributed by atoms with Gasteiger partial charge >= 0.3 is 11.9 Å². The average molecular weight is 1870 g/mol. The minimum absolute atomic E-state index is 0.0170. The lowest BCUT2D eigenvalue weighted by atomic mass is 10.0. The summed E-state index contributed by atoms with van der Waals surface area (Å²) in [7, 11) is 0. The Balaban J connectivity index is 0.984. The molecule has 7 aromatic carbocycles. The first kappa shape index (κ1) is 102. The molecule has 13 amide bonds. The number of rotatable bonds is 50. The van der Waals surface area contributed by atoms with Crippen LogP contribution in [0, 0.1) is 0 Å². The van der Waals surface area contributed by atoms with E-state index in [2.05, 4.69) is 99.4 Å². The van der Waals surface area contributed by atoms with E-state index in [1.54, 1.807) is 48.9 Å². The molecule has 1 heterocycles. The number of aromatic amines is 1. The number of phenolic OH excluding ortho intramolecular Hbond substituents is 6. The molecule has 43 heteroatoms. The van der Waals surface area contributed by atoms with Crippen LogP contribution < -0.4 is 74.9 Å². The van der Waals surface area contributed by atoms with Crippen LogP contribution in [0.15, 0.2) is 176 Å². The molecule has 0 aliphatic carbocycles.